The zero-order valence-electron chi connectivity index (χ0n) is 14.1. The predicted octanol–water partition coefficient (Wildman–Crippen LogP) is 1.99. The number of hydrogen-bond acceptors (Lipinski definition) is 5. The van der Waals surface area contributed by atoms with E-state index in [0.29, 0.717) is 43.3 Å². The molecule has 3 heterocycles. The minimum atomic E-state index is -0.154. The van der Waals surface area contributed by atoms with Crippen molar-refractivity contribution in [1.82, 2.24) is 14.8 Å². The number of carbonyl (C=O) groups excluding carboxylic acids is 2. The van der Waals surface area contributed by atoms with Gasteiger partial charge < -0.3 is 19.1 Å². The standard InChI is InChI=1S/C17H19ClN4O3/c1-20(2)15-11-12(10-14(18)19-15)16(23)21-5-7-22(8-6-21)17(24)13-4-3-9-25-13/h3-4,9-11H,5-8H2,1-2H3. The largest absolute Gasteiger partial charge is 0.459 e. The highest BCUT2D eigenvalue weighted by Gasteiger charge is 2.27. The number of pyridine rings is 1. The summed E-state index contributed by atoms with van der Waals surface area (Å²) in [5.74, 6) is 0.676. The predicted molar refractivity (Wildman–Crippen MR) is 94.1 cm³/mol. The molecule has 0 aromatic carbocycles. The van der Waals surface area contributed by atoms with E-state index in [4.69, 9.17) is 16.0 Å². The molecule has 1 saturated heterocycles. The van der Waals surface area contributed by atoms with E-state index in [0.717, 1.165) is 0 Å². The van der Waals surface area contributed by atoms with E-state index >= 15 is 0 Å². The van der Waals surface area contributed by atoms with Crippen LogP contribution in [0.5, 0.6) is 0 Å². The van der Waals surface area contributed by atoms with E-state index in [9.17, 15) is 9.59 Å². The molecular weight excluding hydrogens is 344 g/mol. The molecule has 25 heavy (non-hydrogen) atoms. The molecule has 0 atom stereocenters. The Kier molecular flexibility index (Phi) is 4.94. The third-order valence-electron chi connectivity index (χ3n) is 4.07. The lowest BCUT2D eigenvalue weighted by Crippen LogP contribution is -2.50. The van der Waals surface area contributed by atoms with Crippen molar-refractivity contribution in [3.63, 3.8) is 0 Å². The van der Waals surface area contributed by atoms with Crippen molar-refractivity contribution >= 4 is 29.2 Å². The topological polar surface area (TPSA) is 69.9 Å². The van der Waals surface area contributed by atoms with Crippen molar-refractivity contribution in [3.8, 4) is 0 Å². The van der Waals surface area contributed by atoms with E-state index in [-0.39, 0.29) is 17.0 Å². The van der Waals surface area contributed by atoms with Crippen LogP contribution < -0.4 is 4.90 Å². The van der Waals surface area contributed by atoms with Gasteiger partial charge in [-0.3, -0.25) is 9.59 Å². The SMILES string of the molecule is CN(C)c1cc(C(=O)N2CCN(C(=O)c3ccco3)CC2)cc(Cl)n1. The average molecular weight is 363 g/mol. The quantitative estimate of drug-likeness (QED) is 0.781. The number of amides is 2. The molecule has 8 heteroatoms. The van der Waals surface area contributed by atoms with E-state index in [1.54, 1.807) is 39.0 Å². The van der Waals surface area contributed by atoms with Gasteiger partial charge in [-0.15, -0.1) is 0 Å². The smallest absolute Gasteiger partial charge is 0.289 e. The second kappa shape index (κ2) is 7.14. The Morgan fingerprint density at radius 2 is 1.76 bits per heavy atom. The van der Waals surface area contributed by atoms with Gasteiger partial charge in [-0.1, -0.05) is 11.6 Å². The number of carbonyl (C=O) groups is 2. The van der Waals surface area contributed by atoms with Crippen LogP contribution in [-0.4, -0.2) is 66.9 Å². The molecule has 2 amide bonds. The number of aromatic nitrogens is 1. The van der Waals surface area contributed by atoms with Crippen LogP contribution in [-0.2, 0) is 0 Å². The monoisotopic (exact) mass is 362 g/mol. The van der Waals surface area contributed by atoms with Gasteiger partial charge in [-0.2, -0.15) is 0 Å². The first-order valence-corrected chi connectivity index (χ1v) is 8.30. The molecule has 132 valence electrons. The van der Waals surface area contributed by atoms with Gasteiger partial charge in [0.25, 0.3) is 11.8 Å². The molecule has 0 spiro atoms. The van der Waals surface area contributed by atoms with Crippen LogP contribution in [0.2, 0.25) is 5.15 Å². The molecule has 7 nitrogen and oxygen atoms in total. The summed E-state index contributed by atoms with van der Waals surface area (Å²) in [4.78, 5) is 34.4. The van der Waals surface area contributed by atoms with Crippen LogP contribution >= 0.6 is 11.6 Å². The summed E-state index contributed by atoms with van der Waals surface area (Å²) in [7, 11) is 3.68. The number of nitrogens with zero attached hydrogens (tertiary/aromatic N) is 4. The van der Waals surface area contributed by atoms with Crippen LogP contribution in [0.4, 0.5) is 5.82 Å². The Balaban J connectivity index is 1.67. The van der Waals surface area contributed by atoms with Crippen LogP contribution in [0.3, 0.4) is 0 Å². The highest BCUT2D eigenvalue weighted by atomic mass is 35.5. The Labute approximate surface area is 150 Å². The fourth-order valence-corrected chi connectivity index (χ4v) is 2.89. The zero-order valence-corrected chi connectivity index (χ0v) is 14.9. The van der Waals surface area contributed by atoms with Gasteiger partial charge in [-0.05, 0) is 24.3 Å². The first kappa shape index (κ1) is 17.3. The summed E-state index contributed by atoms with van der Waals surface area (Å²) in [5, 5.41) is 0.279. The summed E-state index contributed by atoms with van der Waals surface area (Å²) in [6.07, 6.45) is 1.47. The summed E-state index contributed by atoms with van der Waals surface area (Å²) >= 11 is 6.03. The van der Waals surface area contributed by atoms with Gasteiger partial charge in [0, 0.05) is 45.8 Å². The fourth-order valence-electron chi connectivity index (χ4n) is 2.69. The lowest BCUT2D eigenvalue weighted by molar-refractivity contribution is 0.0518. The Morgan fingerprint density at radius 3 is 2.32 bits per heavy atom. The number of rotatable bonds is 3. The van der Waals surface area contributed by atoms with Crippen molar-refractivity contribution in [2.45, 2.75) is 0 Å². The maximum Gasteiger partial charge on any atom is 0.289 e. The van der Waals surface area contributed by atoms with Gasteiger partial charge in [0.2, 0.25) is 0 Å². The van der Waals surface area contributed by atoms with Crippen molar-refractivity contribution in [2.75, 3.05) is 45.2 Å². The first-order valence-electron chi connectivity index (χ1n) is 7.92. The number of piperazine rings is 1. The normalized spacial score (nSPS) is 14.5. The molecule has 0 saturated carbocycles. The molecule has 2 aromatic heterocycles. The van der Waals surface area contributed by atoms with Crippen LogP contribution in [0.25, 0.3) is 0 Å². The third-order valence-corrected chi connectivity index (χ3v) is 4.27. The maximum atomic E-state index is 12.7. The van der Waals surface area contributed by atoms with E-state index in [1.165, 1.54) is 6.26 Å². The fraction of sp³-hybridized carbons (Fsp3) is 0.353. The van der Waals surface area contributed by atoms with Crippen LogP contribution in [0.1, 0.15) is 20.9 Å². The van der Waals surface area contributed by atoms with Gasteiger partial charge in [0.05, 0.1) is 6.26 Å². The summed E-state index contributed by atoms with van der Waals surface area (Å²) in [5.41, 5.74) is 0.495. The molecule has 2 aromatic rings. The molecule has 3 rings (SSSR count). The third kappa shape index (κ3) is 3.76. The van der Waals surface area contributed by atoms with Crippen molar-refractivity contribution in [1.29, 1.82) is 0 Å². The minimum Gasteiger partial charge on any atom is -0.459 e. The molecule has 0 bridgehead atoms. The second-order valence-electron chi connectivity index (χ2n) is 5.99. The molecule has 0 aliphatic carbocycles. The summed E-state index contributed by atoms with van der Waals surface area (Å²) in [6, 6.07) is 6.61. The summed E-state index contributed by atoms with van der Waals surface area (Å²) < 4.78 is 5.14. The molecule has 0 N–H and O–H groups in total. The minimum absolute atomic E-state index is 0.113. The Morgan fingerprint density at radius 1 is 1.12 bits per heavy atom. The summed E-state index contributed by atoms with van der Waals surface area (Å²) in [6.45, 7) is 1.85. The van der Waals surface area contributed by atoms with Gasteiger partial charge >= 0.3 is 0 Å². The highest BCUT2D eigenvalue weighted by Crippen LogP contribution is 2.19. The number of furan rings is 1. The average Bonchev–Trinajstić information content (AvgIpc) is 3.14. The van der Waals surface area contributed by atoms with Crippen LogP contribution in [0, 0.1) is 0 Å². The van der Waals surface area contributed by atoms with E-state index < -0.39 is 0 Å². The first-order chi connectivity index (χ1) is 12.0. The van der Waals surface area contributed by atoms with Gasteiger partial charge in [0.15, 0.2) is 5.76 Å². The van der Waals surface area contributed by atoms with E-state index in [1.807, 2.05) is 14.1 Å². The zero-order chi connectivity index (χ0) is 18.0. The Bertz CT molecular complexity index is 768. The molecular formula is C17H19ClN4O3. The van der Waals surface area contributed by atoms with Crippen molar-refractivity contribution < 1.29 is 14.0 Å². The molecule has 1 aliphatic heterocycles. The molecule has 1 aliphatic rings. The molecule has 1 fully saturated rings. The van der Waals surface area contributed by atoms with Gasteiger partial charge in [0.1, 0.15) is 11.0 Å². The lowest BCUT2D eigenvalue weighted by Gasteiger charge is -2.34. The molecule has 0 unspecified atom stereocenters. The van der Waals surface area contributed by atoms with Crippen LogP contribution in [0.15, 0.2) is 34.9 Å². The number of halogens is 1. The second-order valence-corrected chi connectivity index (χ2v) is 6.38. The molecule has 0 radical (unpaired) electrons. The van der Waals surface area contributed by atoms with Gasteiger partial charge in [-0.25, -0.2) is 4.98 Å². The van der Waals surface area contributed by atoms with Crippen molar-refractivity contribution in [2.24, 2.45) is 0 Å². The lowest BCUT2D eigenvalue weighted by atomic mass is 10.2. The number of anilines is 1. The Hall–Kier alpha value is -2.54. The highest BCUT2D eigenvalue weighted by molar-refractivity contribution is 6.29. The van der Waals surface area contributed by atoms with Crippen molar-refractivity contribution in [3.05, 3.63) is 47.0 Å². The maximum absolute atomic E-state index is 12.7. The van der Waals surface area contributed by atoms with E-state index in [2.05, 4.69) is 4.98 Å². The number of hydrogen-bond donors (Lipinski definition) is 0.